The maximum Gasteiger partial charge on any atom is 0.416 e. The zero-order chi connectivity index (χ0) is 22.0. The number of halogens is 3. The number of alkyl halides is 3. The molecule has 4 aromatic rings. The molecule has 0 radical (unpaired) electrons. The largest absolute Gasteiger partial charge is 0.494 e. The van der Waals surface area contributed by atoms with Crippen LogP contribution < -0.4 is 4.74 Å². The van der Waals surface area contributed by atoms with E-state index in [1.54, 1.807) is 0 Å². The van der Waals surface area contributed by atoms with Gasteiger partial charge in [-0.15, -0.1) is 0 Å². The van der Waals surface area contributed by atoms with Crippen LogP contribution in [0.25, 0.3) is 33.3 Å². The maximum atomic E-state index is 13.0. The lowest BCUT2D eigenvalue weighted by atomic mass is 10.0. The number of nitrogens with zero attached hydrogens (tertiary/aromatic N) is 1. The second-order valence-electron chi connectivity index (χ2n) is 7.50. The van der Waals surface area contributed by atoms with Crippen LogP contribution in [0.4, 0.5) is 13.2 Å². The summed E-state index contributed by atoms with van der Waals surface area (Å²) in [7, 11) is 0. The van der Waals surface area contributed by atoms with Gasteiger partial charge in [0.1, 0.15) is 5.75 Å². The minimum atomic E-state index is -4.37. The summed E-state index contributed by atoms with van der Waals surface area (Å²) in [6.07, 6.45) is -3.40. The predicted octanol–water partition coefficient (Wildman–Crippen LogP) is 7.68. The number of hydrogen-bond acceptors (Lipinski definition) is 2. The number of aromatic nitrogens is 1. The van der Waals surface area contributed by atoms with Gasteiger partial charge in [0.15, 0.2) is 0 Å². The molecule has 1 heterocycles. The summed E-state index contributed by atoms with van der Waals surface area (Å²) >= 11 is 0. The van der Waals surface area contributed by atoms with Crippen LogP contribution in [0.3, 0.4) is 0 Å². The lowest BCUT2D eigenvalue weighted by Crippen LogP contribution is -2.04. The normalized spacial score (nSPS) is 11.6. The number of benzene rings is 3. The van der Waals surface area contributed by atoms with E-state index in [2.05, 4.69) is 11.9 Å². The van der Waals surface area contributed by atoms with E-state index in [1.807, 2.05) is 61.5 Å². The number of pyridine rings is 1. The highest BCUT2D eigenvalue weighted by Crippen LogP contribution is 2.33. The second kappa shape index (κ2) is 8.42. The molecule has 158 valence electrons. The van der Waals surface area contributed by atoms with Crippen molar-refractivity contribution in [2.75, 3.05) is 6.61 Å². The number of rotatable bonds is 5. The first-order chi connectivity index (χ1) is 14.8. The fraction of sp³-hybridized carbons (Fsp3) is 0.192. The second-order valence-corrected chi connectivity index (χ2v) is 7.50. The van der Waals surface area contributed by atoms with Crippen LogP contribution >= 0.6 is 0 Å². The Labute approximate surface area is 179 Å². The van der Waals surface area contributed by atoms with E-state index >= 15 is 0 Å². The topological polar surface area (TPSA) is 22.1 Å². The van der Waals surface area contributed by atoms with Gasteiger partial charge in [-0.3, -0.25) is 0 Å². The summed E-state index contributed by atoms with van der Waals surface area (Å²) in [4.78, 5) is 4.59. The van der Waals surface area contributed by atoms with Crippen molar-refractivity contribution < 1.29 is 17.9 Å². The minimum absolute atomic E-state index is 0.514. The van der Waals surface area contributed by atoms with E-state index in [4.69, 9.17) is 4.74 Å². The van der Waals surface area contributed by atoms with Gasteiger partial charge in [-0.05, 0) is 66.4 Å². The summed E-state index contributed by atoms with van der Waals surface area (Å²) in [5.74, 6) is 0.853. The average Bonchev–Trinajstić information content (AvgIpc) is 2.77. The SMILES string of the molecule is CCCOc1ccc(-c2ccc(-c3cc(C)c4cc(C(F)(F)F)ccc4n3)cc2)cc1. The standard InChI is InChI=1S/C26H22F3NO/c1-3-14-31-22-11-8-19(9-12-22)18-4-6-20(7-5-18)25-15-17(2)23-16-21(26(27,28)29)10-13-24(23)30-25/h4-13,15-16H,3,14H2,1-2H3. The van der Waals surface area contributed by atoms with Gasteiger partial charge in [0.05, 0.1) is 23.4 Å². The molecule has 0 fully saturated rings. The Hall–Kier alpha value is -3.34. The zero-order valence-corrected chi connectivity index (χ0v) is 17.3. The number of aryl methyl sites for hydroxylation is 1. The Morgan fingerprint density at radius 2 is 1.42 bits per heavy atom. The Kier molecular flexibility index (Phi) is 5.68. The van der Waals surface area contributed by atoms with E-state index in [0.717, 1.165) is 46.2 Å². The van der Waals surface area contributed by atoms with Gasteiger partial charge in [-0.2, -0.15) is 13.2 Å². The third kappa shape index (κ3) is 4.55. The van der Waals surface area contributed by atoms with Crippen LogP contribution in [-0.4, -0.2) is 11.6 Å². The Bertz CT molecular complexity index is 1200. The van der Waals surface area contributed by atoms with E-state index < -0.39 is 11.7 Å². The molecule has 0 spiro atoms. The first kappa shape index (κ1) is 20.9. The number of hydrogen-bond donors (Lipinski definition) is 0. The molecule has 4 rings (SSSR count). The number of fused-ring (bicyclic) bond motifs is 1. The van der Waals surface area contributed by atoms with Gasteiger partial charge in [0.2, 0.25) is 0 Å². The quantitative estimate of drug-likeness (QED) is 0.330. The Morgan fingerprint density at radius 1 is 0.806 bits per heavy atom. The summed E-state index contributed by atoms with van der Waals surface area (Å²) in [5.41, 5.74) is 4.45. The highest BCUT2D eigenvalue weighted by Gasteiger charge is 2.30. The molecule has 31 heavy (non-hydrogen) atoms. The summed E-state index contributed by atoms with van der Waals surface area (Å²) in [6.45, 7) is 4.58. The van der Waals surface area contributed by atoms with E-state index in [1.165, 1.54) is 12.1 Å². The molecular formula is C26H22F3NO. The van der Waals surface area contributed by atoms with E-state index in [9.17, 15) is 13.2 Å². The van der Waals surface area contributed by atoms with Crippen LogP contribution in [0.15, 0.2) is 72.8 Å². The van der Waals surface area contributed by atoms with Gasteiger partial charge >= 0.3 is 6.18 Å². The highest BCUT2D eigenvalue weighted by molar-refractivity contribution is 5.86. The molecular weight excluding hydrogens is 399 g/mol. The van der Waals surface area contributed by atoms with Crippen LogP contribution in [0.5, 0.6) is 5.75 Å². The highest BCUT2D eigenvalue weighted by atomic mass is 19.4. The Morgan fingerprint density at radius 3 is 2.03 bits per heavy atom. The third-order valence-electron chi connectivity index (χ3n) is 5.18. The lowest BCUT2D eigenvalue weighted by Gasteiger charge is -2.11. The van der Waals surface area contributed by atoms with Gasteiger partial charge in [0, 0.05) is 10.9 Å². The molecule has 0 N–H and O–H groups in total. The van der Waals surface area contributed by atoms with Crippen LogP contribution in [-0.2, 0) is 6.18 Å². The molecule has 0 aliphatic heterocycles. The molecule has 1 aromatic heterocycles. The van der Waals surface area contributed by atoms with E-state index in [0.29, 0.717) is 17.5 Å². The molecule has 0 saturated heterocycles. The smallest absolute Gasteiger partial charge is 0.416 e. The van der Waals surface area contributed by atoms with Crippen molar-refractivity contribution in [2.24, 2.45) is 0 Å². The molecule has 0 atom stereocenters. The molecule has 0 aliphatic rings. The van der Waals surface area contributed by atoms with Gasteiger partial charge in [-0.25, -0.2) is 4.98 Å². The summed E-state index contributed by atoms with van der Waals surface area (Å²) in [5, 5.41) is 0.514. The van der Waals surface area contributed by atoms with Crippen LogP contribution in [0.1, 0.15) is 24.5 Å². The monoisotopic (exact) mass is 421 g/mol. The lowest BCUT2D eigenvalue weighted by molar-refractivity contribution is -0.137. The van der Waals surface area contributed by atoms with Gasteiger partial charge in [0.25, 0.3) is 0 Å². The fourth-order valence-electron chi connectivity index (χ4n) is 3.52. The molecule has 0 unspecified atom stereocenters. The van der Waals surface area contributed by atoms with Crippen molar-refractivity contribution in [3.05, 3.63) is 83.9 Å². The summed E-state index contributed by atoms with van der Waals surface area (Å²) in [6, 6.07) is 21.5. The molecule has 5 heteroatoms. The maximum absolute atomic E-state index is 13.0. The van der Waals surface area contributed by atoms with Crippen molar-refractivity contribution in [1.29, 1.82) is 0 Å². The molecule has 0 aliphatic carbocycles. The van der Waals surface area contributed by atoms with Crippen molar-refractivity contribution in [3.63, 3.8) is 0 Å². The number of ether oxygens (including phenoxy) is 1. The van der Waals surface area contributed by atoms with Crippen molar-refractivity contribution in [3.8, 4) is 28.1 Å². The van der Waals surface area contributed by atoms with E-state index in [-0.39, 0.29) is 0 Å². The van der Waals surface area contributed by atoms with Crippen molar-refractivity contribution >= 4 is 10.9 Å². The molecule has 3 aromatic carbocycles. The third-order valence-corrected chi connectivity index (χ3v) is 5.18. The van der Waals surface area contributed by atoms with Crippen molar-refractivity contribution in [2.45, 2.75) is 26.4 Å². The van der Waals surface area contributed by atoms with Gasteiger partial charge in [-0.1, -0.05) is 43.3 Å². The van der Waals surface area contributed by atoms with Crippen LogP contribution in [0.2, 0.25) is 0 Å². The molecule has 0 amide bonds. The fourth-order valence-corrected chi connectivity index (χ4v) is 3.52. The first-order valence-corrected chi connectivity index (χ1v) is 10.2. The average molecular weight is 421 g/mol. The zero-order valence-electron chi connectivity index (χ0n) is 17.3. The van der Waals surface area contributed by atoms with Crippen LogP contribution in [0, 0.1) is 6.92 Å². The van der Waals surface area contributed by atoms with Gasteiger partial charge < -0.3 is 4.74 Å². The minimum Gasteiger partial charge on any atom is -0.494 e. The molecule has 0 saturated carbocycles. The first-order valence-electron chi connectivity index (χ1n) is 10.2. The van der Waals surface area contributed by atoms with Crippen molar-refractivity contribution in [1.82, 2.24) is 4.98 Å². The molecule has 0 bridgehead atoms. The predicted molar refractivity (Wildman–Crippen MR) is 118 cm³/mol. The Balaban J connectivity index is 1.61. The molecule has 2 nitrogen and oxygen atoms in total. The summed E-state index contributed by atoms with van der Waals surface area (Å²) < 4.78 is 44.7.